The van der Waals surface area contributed by atoms with E-state index in [2.05, 4.69) is 27.6 Å². The molecule has 2 aromatic carbocycles. The molecule has 0 amide bonds. The van der Waals surface area contributed by atoms with Crippen molar-refractivity contribution in [3.05, 3.63) is 59.0 Å². The Labute approximate surface area is 156 Å². The number of hydrogen-bond acceptors (Lipinski definition) is 3. The maximum Gasteiger partial charge on any atom is 0.140 e. The van der Waals surface area contributed by atoms with Gasteiger partial charge in [0.05, 0.1) is 23.3 Å². The predicted molar refractivity (Wildman–Crippen MR) is 101 cm³/mol. The minimum Gasteiger partial charge on any atom is -0.378 e. The van der Waals surface area contributed by atoms with Gasteiger partial charge in [0.25, 0.3) is 0 Å². The molecule has 2 heterocycles. The first kappa shape index (κ1) is 15.2. The lowest BCUT2D eigenvalue weighted by molar-refractivity contribution is 0.249. The van der Waals surface area contributed by atoms with Crippen molar-refractivity contribution in [1.82, 2.24) is 10.2 Å². The Bertz CT molecular complexity index is 1110. The standard InChI is InChI=1S/C22H19FN4/c23-16-4-3-13(8-14(16)9-24)22-20-12-2-1-11(7-12)19(20)21-15-10-25-27-17(15)5-6-18(21)26-22/h3-6,8,10-12,19-20,22,26H,1-2,7H2,(H,25,27)/t11-,12+,19+,20-,22+/m1/s1. The molecule has 134 valence electrons. The number of nitriles is 1. The first-order valence-corrected chi connectivity index (χ1v) is 9.66. The maximum absolute atomic E-state index is 13.9. The minimum absolute atomic E-state index is 0.120. The summed E-state index contributed by atoms with van der Waals surface area (Å²) >= 11 is 0. The van der Waals surface area contributed by atoms with E-state index in [1.807, 2.05) is 18.3 Å². The summed E-state index contributed by atoms with van der Waals surface area (Å²) in [4.78, 5) is 0. The lowest BCUT2D eigenvalue weighted by atomic mass is 9.67. The summed E-state index contributed by atoms with van der Waals surface area (Å²) in [6, 6.07) is 11.3. The largest absolute Gasteiger partial charge is 0.378 e. The number of rotatable bonds is 1. The number of benzene rings is 2. The van der Waals surface area contributed by atoms with Crippen LogP contribution in [-0.2, 0) is 0 Å². The van der Waals surface area contributed by atoms with E-state index < -0.39 is 5.82 Å². The number of nitrogens with zero attached hydrogens (tertiary/aromatic N) is 2. The molecule has 0 spiro atoms. The molecular formula is C22H19FN4. The van der Waals surface area contributed by atoms with Gasteiger partial charge in [-0.15, -0.1) is 0 Å². The molecule has 1 aliphatic heterocycles. The van der Waals surface area contributed by atoms with Crippen molar-refractivity contribution in [1.29, 1.82) is 5.26 Å². The van der Waals surface area contributed by atoms with Crippen LogP contribution in [0.4, 0.5) is 10.1 Å². The molecule has 2 saturated carbocycles. The quantitative estimate of drug-likeness (QED) is 0.652. The van der Waals surface area contributed by atoms with Crippen LogP contribution in [-0.4, -0.2) is 10.2 Å². The van der Waals surface area contributed by atoms with E-state index in [0.717, 1.165) is 16.8 Å². The number of H-pyrrole nitrogens is 1. The minimum atomic E-state index is -0.443. The second-order valence-corrected chi connectivity index (χ2v) is 8.27. The van der Waals surface area contributed by atoms with E-state index in [9.17, 15) is 9.65 Å². The van der Waals surface area contributed by atoms with Crippen molar-refractivity contribution >= 4 is 16.6 Å². The third-order valence-corrected chi connectivity index (χ3v) is 7.15. The van der Waals surface area contributed by atoms with E-state index in [1.165, 1.54) is 36.3 Å². The summed E-state index contributed by atoms with van der Waals surface area (Å²) in [7, 11) is 0. The summed E-state index contributed by atoms with van der Waals surface area (Å²) in [5.41, 5.74) is 4.80. The Morgan fingerprint density at radius 1 is 1.15 bits per heavy atom. The van der Waals surface area contributed by atoms with Crippen LogP contribution in [0.3, 0.4) is 0 Å². The number of hydrogen-bond donors (Lipinski definition) is 2. The molecule has 3 aliphatic rings. The lowest BCUT2D eigenvalue weighted by Gasteiger charge is -2.43. The number of aromatic nitrogens is 2. The van der Waals surface area contributed by atoms with Gasteiger partial charge in [0.2, 0.25) is 0 Å². The van der Waals surface area contributed by atoms with Crippen molar-refractivity contribution in [3.8, 4) is 6.07 Å². The Morgan fingerprint density at radius 3 is 2.93 bits per heavy atom. The van der Waals surface area contributed by atoms with Gasteiger partial charge in [-0.1, -0.05) is 6.07 Å². The van der Waals surface area contributed by atoms with Crippen LogP contribution in [0.2, 0.25) is 0 Å². The number of nitrogens with one attached hydrogen (secondary N) is 2. The predicted octanol–water partition coefficient (Wildman–Crippen LogP) is 4.87. The highest BCUT2D eigenvalue weighted by molar-refractivity contribution is 5.88. The SMILES string of the molecule is N#Cc1cc([C@@H]2Nc3ccc4[nH]ncc4c3[C@H]3[C@@H]4CC[C@@H](C4)[C@H]32)ccc1F. The fraction of sp³-hybridized carbons (Fsp3) is 0.364. The van der Waals surface area contributed by atoms with Gasteiger partial charge < -0.3 is 5.32 Å². The molecule has 6 rings (SSSR count). The molecule has 0 radical (unpaired) electrons. The van der Waals surface area contributed by atoms with Crippen molar-refractivity contribution in [3.63, 3.8) is 0 Å². The van der Waals surface area contributed by atoms with Gasteiger partial charge >= 0.3 is 0 Å². The van der Waals surface area contributed by atoms with Crippen LogP contribution >= 0.6 is 0 Å². The molecule has 2 aliphatic carbocycles. The van der Waals surface area contributed by atoms with Gasteiger partial charge in [-0.2, -0.15) is 10.4 Å². The Kier molecular flexibility index (Phi) is 3.00. The molecule has 2 fully saturated rings. The highest BCUT2D eigenvalue weighted by Gasteiger charge is 2.54. The average molecular weight is 358 g/mol. The van der Waals surface area contributed by atoms with Crippen molar-refractivity contribution in [2.24, 2.45) is 17.8 Å². The number of aromatic amines is 1. The second kappa shape index (κ2) is 5.32. The number of anilines is 1. The van der Waals surface area contributed by atoms with E-state index in [4.69, 9.17) is 0 Å². The second-order valence-electron chi connectivity index (χ2n) is 8.27. The summed E-state index contributed by atoms with van der Waals surface area (Å²) < 4.78 is 13.9. The molecule has 2 N–H and O–H groups in total. The Balaban J connectivity index is 1.55. The van der Waals surface area contributed by atoms with Gasteiger partial charge in [-0.3, -0.25) is 5.10 Å². The molecule has 3 aromatic rings. The molecular weight excluding hydrogens is 339 g/mol. The van der Waals surface area contributed by atoms with Crippen LogP contribution in [0.5, 0.6) is 0 Å². The monoisotopic (exact) mass is 358 g/mol. The van der Waals surface area contributed by atoms with Crippen LogP contribution in [0.1, 0.15) is 47.9 Å². The number of fused-ring (bicyclic) bond motifs is 9. The Morgan fingerprint density at radius 2 is 2.04 bits per heavy atom. The van der Waals surface area contributed by atoms with E-state index in [0.29, 0.717) is 23.7 Å². The van der Waals surface area contributed by atoms with Gasteiger partial charge in [0, 0.05) is 11.1 Å². The molecule has 5 atom stereocenters. The molecule has 4 nitrogen and oxygen atoms in total. The fourth-order valence-electron chi connectivity index (χ4n) is 6.16. The van der Waals surface area contributed by atoms with Crippen molar-refractivity contribution in [2.75, 3.05) is 5.32 Å². The highest BCUT2D eigenvalue weighted by atomic mass is 19.1. The molecule has 0 saturated heterocycles. The van der Waals surface area contributed by atoms with Gasteiger partial charge in [-0.25, -0.2) is 4.39 Å². The molecule has 27 heavy (non-hydrogen) atoms. The third kappa shape index (κ3) is 1.98. The molecule has 5 heteroatoms. The first-order valence-electron chi connectivity index (χ1n) is 9.66. The smallest absolute Gasteiger partial charge is 0.140 e. The zero-order valence-electron chi connectivity index (χ0n) is 14.7. The van der Waals surface area contributed by atoms with Gasteiger partial charge in [0.1, 0.15) is 11.9 Å². The van der Waals surface area contributed by atoms with Crippen LogP contribution in [0.15, 0.2) is 36.5 Å². The lowest BCUT2D eigenvalue weighted by Crippen LogP contribution is -2.35. The zero-order valence-corrected chi connectivity index (χ0v) is 14.7. The topological polar surface area (TPSA) is 64.5 Å². The van der Waals surface area contributed by atoms with Gasteiger partial charge in [0.15, 0.2) is 0 Å². The van der Waals surface area contributed by atoms with E-state index >= 15 is 0 Å². The van der Waals surface area contributed by atoms with Crippen molar-refractivity contribution < 1.29 is 4.39 Å². The highest BCUT2D eigenvalue weighted by Crippen LogP contribution is 2.64. The summed E-state index contributed by atoms with van der Waals surface area (Å²) in [5, 5.41) is 21.6. The van der Waals surface area contributed by atoms with Crippen molar-refractivity contribution in [2.45, 2.75) is 31.2 Å². The number of halogens is 1. The van der Waals surface area contributed by atoms with Crippen LogP contribution < -0.4 is 5.32 Å². The zero-order chi connectivity index (χ0) is 18.1. The molecule has 0 unspecified atom stereocenters. The van der Waals surface area contributed by atoms with Crippen LogP contribution in [0, 0.1) is 34.9 Å². The van der Waals surface area contributed by atoms with E-state index in [1.54, 1.807) is 6.07 Å². The van der Waals surface area contributed by atoms with Gasteiger partial charge in [-0.05, 0) is 78.3 Å². The maximum atomic E-state index is 13.9. The third-order valence-electron chi connectivity index (χ3n) is 7.15. The summed E-state index contributed by atoms with van der Waals surface area (Å²) in [6.07, 6.45) is 5.78. The summed E-state index contributed by atoms with van der Waals surface area (Å²) in [5.74, 6) is 1.93. The molecule has 2 bridgehead atoms. The fourth-order valence-corrected chi connectivity index (χ4v) is 6.16. The first-order chi connectivity index (χ1) is 13.2. The molecule has 1 aromatic heterocycles. The average Bonchev–Trinajstić information content (AvgIpc) is 3.43. The van der Waals surface area contributed by atoms with Crippen LogP contribution in [0.25, 0.3) is 10.9 Å². The summed E-state index contributed by atoms with van der Waals surface area (Å²) in [6.45, 7) is 0. The normalized spacial score (nSPS) is 30.6. The van der Waals surface area contributed by atoms with E-state index in [-0.39, 0.29) is 11.6 Å². The Hall–Kier alpha value is -2.87.